The predicted octanol–water partition coefficient (Wildman–Crippen LogP) is 2.24. The van der Waals surface area contributed by atoms with Crippen LogP contribution >= 0.6 is 0 Å². The van der Waals surface area contributed by atoms with E-state index in [1.54, 1.807) is 0 Å². The van der Waals surface area contributed by atoms with Crippen molar-refractivity contribution < 1.29 is 4.74 Å². The molecule has 1 aromatic carbocycles. The maximum atomic E-state index is 5.66. The zero-order chi connectivity index (χ0) is 14.4. The minimum absolute atomic E-state index is 0.404. The van der Waals surface area contributed by atoms with Crippen molar-refractivity contribution in [1.29, 1.82) is 0 Å². The minimum Gasteiger partial charge on any atom is -0.492 e. The summed E-state index contributed by atoms with van der Waals surface area (Å²) >= 11 is 0. The second kappa shape index (κ2) is 6.88. The number of rotatable bonds is 7. The summed E-state index contributed by atoms with van der Waals surface area (Å²) in [6, 6.07) is 7.36. The smallest absolute Gasteiger partial charge is 0.154 e. The minimum atomic E-state index is 0.404. The zero-order valence-corrected chi connectivity index (χ0v) is 12.0. The summed E-state index contributed by atoms with van der Waals surface area (Å²) in [6.45, 7) is 5.47. The Morgan fingerprint density at radius 3 is 2.55 bits per heavy atom. The third kappa shape index (κ3) is 3.46. The molecule has 0 bridgehead atoms. The standard InChI is InChI=1S/C14H21N5O/c1-3-11(4-2)14-16-17-18-19(14)9-10-20-13-7-5-12(15)6-8-13/h5-8,11H,3-4,9-10,15H2,1-2H3. The van der Waals surface area contributed by atoms with Crippen LogP contribution in [0.15, 0.2) is 24.3 Å². The molecule has 1 heterocycles. The fourth-order valence-corrected chi connectivity index (χ4v) is 2.13. The number of nitrogen functional groups attached to an aromatic ring is 1. The number of ether oxygens (including phenoxy) is 1. The van der Waals surface area contributed by atoms with Gasteiger partial charge in [-0.1, -0.05) is 13.8 Å². The molecule has 0 aliphatic carbocycles. The average molecular weight is 275 g/mol. The first-order valence-corrected chi connectivity index (χ1v) is 6.99. The Hall–Kier alpha value is -2.11. The van der Waals surface area contributed by atoms with Crippen molar-refractivity contribution in [2.24, 2.45) is 0 Å². The highest BCUT2D eigenvalue weighted by atomic mass is 16.5. The molecule has 1 aromatic heterocycles. The maximum absolute atomic E-state index is 5.66. The van der Waals surface area contributed by atoms with Gasteiger partial charge < -0.3 is 10.5 Å². The van der Waals surface area contributed by atoms with Crippen LogP contribution in [0.2, 0.25) is 0 Å². The molecule has 0 amide bonds. The van der Waals surface area contributed by atoms with E-state index in [-0.39, 0.29) is 0 Å². The van der Waals surface area contributed by atoms with Crippen LogP contribution in [0.25, 0.3) is 0 Å². The lowest BCUT2D eigenvalue weighted by Gasteiger charge is -2.12. The monoisotopic (exact) mass is 275 g/mol. The van der Waals surface area contributed by atoms with Crippen molar-refractivity contribution in [3.63, 3.8) is 0 Å². The second-order valence-electron chi connectivity index (χ2n) is 4.69. The van der Waals surface area contributed by atoms with Gasteiger partial charge in [-0.15, -0.1) is 5.10 Å². The Balaban J connectivity index is 1.91. The van der Waals surface area contributed by atoms with Gasteiger partial charge in [0, 0.05) is 11.6 Å². The molecule has 0 spiro atoms. The van der Waals surface area contributed by atoms with Crippen molar-refractivity contribution in [2.75, 3.05) is 12.3 Å². The van der Waals surface area contributed by atoms with Crippen LogP contribution < -0.4 is 10.5 Å². The lowest BCUT2D eigenvalue weighted by Crippen LogP contribution is -2.15. The van der Waals surface area contributed by atoms with E-state index in [0.717, 1.165) is 30.1 Å². The van der Waals surface area contributed by atoms with Gasteiger partial charge in [0.1, 0.15) is 12.4 Å². The topological polar surface area (TPSA) is 78.8 Å². The first-order valence-electron chi connectivity index (χ1n) is 6.99. The van der Waals surface area contributed by atoms with Crippen molar-refractivity contribution >= 4 is 5.69 Å². The van der Waals surface area contributed by atoms with Crippen LogP contribution in [0.3, 0.4) is 0 Å². The van der Waals surface area contributed by atoms with Crippen LogP contribution in [0.5, 0.6) is 5.75 Å². The molecule has 108 valence electrons. The molecule has 0 saturated carbocycles. The number of nitrogens with two attached hydrogens (primary N) is 1. The van der Waals surface area contributed by atoms with Crippen LogP contribution in [0.4, 0.5) is 5.69 Å². The molecule has 0 aliphatic rings. The number of hydrogen-bond acceptors (Lipinski definition) is 5. The number of nitrogens with zero attached hydrogens (tertiary/aromatic N) is 4. The molecule has 2 aromatic rings. The highest BCUT2D eigenvalue weighted by Gasteiger charge is 2.15. The SMILES string of the molecule is CCC(CC)c1nnnn1CCOc1ccc(N)cc1. The van der Waals surface area contributed by atoms with Crippen LogP contribution in [0.1, 0.15) is 38.4 Å². The predicted molar refractivity (Wildman–Crippen MR) is 77.5 cm³/mol. The van der Waals surface area contributed by atoms with Crippen molar-refractivity contribution in [3.05, 3.63) is 30.1 Å². The van der Waals surface area contributed by atoms with E-state index < -0.39 is 0 Å². The largest absolute Gasteiger partial charge is 0.492 e. The number of anilines is 1. The summed E-state index contributed by atoms with van der Waals surface area (Å²) in [5.74, 6) is 2.15. The van der Waals surface area contributed by atoms with Crippen LogP contribution in [0, 0.1) is 0 Å². The summed E-state index contributed by atoms with van der Waals surface area (Å²) in [5, 5.41) is 11.9. The highest BCUT2D eigenvalue weighted by molar-refractivity contribution is 5.41. The first kappa shape index (κ1) is 14.3. The third-order valence-electron chi connectivity index (χ3n) is 3.36. The molecule has 0 radical (unpaired) electrons. The molecule has 0 fully saturated rings. The Labute approximate surface area is 118 Å². The van der Waals surface area contributed by atoms with Crippen molar-refractivity contribution in [3.8, 4) is 5.75 Å². The van der Waals surface area contributed by atoms with E-state index in [1.165, 1.54) is 0 Å². The first-order chi connectivity index (χ1) is 9.74. The summed E-state index contributed by atoms with van der Waals surface area (Å²) < 4.78 is 7.49. The Morgan fingerprint density at radius 1 is 1.20 bits per heavy atom. The third-order valence-corrected chi connectivity index (χ3v) is 3.36. The van der Waals surface area contributed by atoms with Crippen LogP contribution in [-0.4, -0.2) is 26.8 Å². The Bertz CT molecular complexity index is 519. The summed E-state index contributed by atoms with van der Waals surface area (Å²) in [7, 11) is 0. The quantitative estimate of drug-likeness (QED) is 0.784. The van der Waals surface area contributed by atoms with E-state index in [9.17, 15) is 0 Å². The molecule has 0 saturated heterocycles. The number of benzene rings is 1. The fourth-order valence-electron chi connectivity index (χ4n) is 2.13. The molecule has 0 unspecified atom stereocenters. The summed E-state index contributed by atoms with van der Waals surface area (Å²) in [6.07, 6.45) is 2.07. The van der Waals surface area contributed by atoms with Gasteiger partial charge >= 0.3 is 0 Å². The lowest BCUT2D eigenvalue weighted by molar-refractivity contribution is 0.285. The van der Waals surface area contributed by atoms with E-state index >= 15 is 0 Å². The van der Waals surface area contributed by atoms with E-state index in [1.807, 2.05) is 28.9 Å². The molecule has 6 heteroatoms. The van der Waals surface area contributed by atoms with Gasteiger partial charge in [-0.2, -0.15) is 0 Å². The fraction of sp³-hybridized carbons (Fsp3) is 0.500. The molecule has 2 rings (SSSR count). The highest BCUT2D eigenvalue weighted by Crippen LogP contribution is 2.19. The molecule has 6 nitrogen and oxygen atoms in total. The molecular formula is C14H21N5O. The maximum Gasteiger partial charge on any atom is 0.154 e. The second-order valence-corrected chi connectivity index (χ2v) is 4.69. The van der Waals surface area contributed by atoms with Crippen molar-refractivity contribution in [2.45, 2.75) is 39.2 Å². The van der Waals surface area contributed by atoms with E-state index in [0.29, 0.717) is 19.1 Å². The van der Waals surface area contributed by atoms with E-state index in [2.05, 4.69) is 29.4 Å². The van der Waals surface area contributed by atoms with Crippen LogP contribution in [-0.2, 0) is 6.54 Å². The number of aromatic nitrogens is 4. The van der Waals surface area contributed by atoms with Crippen molar-refractivity contribution in [1.82, 2.24) is 20.2 Å². The molecule has 2 N–H and O–H groups in total. The molecule has 20 heavy (non-hydrogen) atoms. The zero-order valence-electron chi connectivity index (χ0n) is 12.0. The van der Waals surface area contributed by atoms with Gasteiger partial charge in [0.15, 0.2) is 5.82 Å². The normalized spacial score (nSPS) is 10.9. The van der Waals surface area contributed by atoms with Gasteiger partial charge in [0.25, 0.3) is 0 Å². The number of tetrazole rings is 1. The van der Waals surface area contributed by atoms with Gasteiger partial charge in [-0.3, -0.25) is 0 Å². The van der Waals surface area contributed by atoms with E-state index in [4.69, 9.17) is 10.5 Å². The summed E-state index contributed by atoms with van der Waals surface area (Å²) in [4.78, 5) is 0. The van der Waals surface area contributed by atoms with Gasteiger partial charge in [0.2, 0.25) is 0 Å². The lowest BCUT2D eigenvalue weighted by atomic mass is 10.0. The van der Waals surface area contributed by atoms with Gasteiger partial charge in [-0.05, 0) is 47.5 Å². The van der Waals surface area contributed by atoms with Gasteiger partial charge in [-0.25, -0.2) is 4.68 Å². The molecular weight excluding hydrogens is 254 g/mol. The summed E-state index contributed by atoms with van der Waals surface area (Å²) in [5.41, 5.74) is 6.36. The molecule has 0 aliphatic heterocycles. The number of hydrogen-bond donors (Lipinski definition) is 1. The Kier molecular flexibility index (Phi) is 4.92. The van der Waals surface area contributed by atoms with Gasteiger partial charge in [0.05, 0.1) is 6.54 Å². The Morgan fingerprint density at radius 2 is 1.90 bits per heavy atom. The average Bonchev–Trinajstić information content (AvgIpc) is 2.91. The molecule has 0 atom stereocenters.